The fourth-order valence-electron chi connectivity index (χ4n) is 3.74. The maximum absolute atomic E-state index is 11.9. The van der Waals surface area contributed by atoms with Crippen LogP contribution in [0.5, 0.6) is 0 Å². The molecule has 3 rings (SSSR count). The predicted octanol–water partition coefficient (Wildman–Crippen LogP) is 4.85. The van der Waals surface area contributed by atoms with Crippen LogP contribution in [0, 0.1) is 11.5 Å². The van der Waals surface area contributed by atoms with E-state index in [0.29, 0.717) is 11.5 Å². The molecule has 0 atom stereocenters. The number of benzene rings is 1. The molecule has 1 aromatic carbocycles. The second-order valence-electron chi connectivity index (χ2n) is 8.03. The maximum Gasteiger partial charge on any atom is 0.337 e. The fraction of sp³-hybridized carbons (Fsp3) is 0.476. The van der Waals surface area contributed by atoms with Crippen LogP contribution in [-0.4, -0.2) is 25.7 Å². The summed E-state index contributed by atoms with van der Waals surface area (Å²) < 4.78 is 7.05. The molecule has 1 saturated carbocycles. The van der Waals surface area contributed by atoms with E-state index in [1.54, 1.807) is 0 Å². The molecule has 0 unspecified atom stereocenters. The Balaban J connectivity index is 2.23. The molecule has 4 heteroatoms. The van der Waals surface area contributed by atoms with E-state index in [1.165, 1.54) is 43.7 Å². The van der Waals surface area contributed by atoms with Crippen molar-refractivity contribution in [1.29, 1.82) is 0 Å². The highest BCUT2D eigenvalue weighted by atomic mass is 28.3. The molecule has 1 aliphatic carbocycles. The van der Waals surface area contributed by atoms with Gasteiger partial charge in [0.15, 0.2) is 0 Å². The molecule has 0 N–H and O–H groups in total. The lowest BCUT2D eigenvalue weighted by molar-refractivity contribution is 0.0601. The smallest absolute Gasteiger partial charge is 0.337 e. The number of carbonyl (C=O) groups excluding carboxylic acids is 1. The second kappa shape index (κ2) is 6.72. The second-order valence-corrected chi connectivity index (χ2v) is 12.8. The number of hydrogen-bond donors (Lipinski definition) is 0. The molecule has 1 fully saturated rings. The summed E-state index contributed by atoms with van der Waals surface area (Å²) in [5.41, 5.74) is 7.72. The summed E-state index contributed by atoms with van der Waals surface area (Å²) in [6, 6.07) is 5.90. The van der Waals surface area contributed by atoms with Crippen molar-refractivity contribution in [2.24, 2.45) is 7.05 Å². The number of fused-ring (bicyclic) bond motifs is 1. The quantitative estimate of drug-likeness (QED) is 0.439. The third-order valence-corrected chi connectivity index (χ3v) is 5.86. The van der Waals surface area contributed by atoms with Gasteiger partial charge in [0.2, 0.25) is 0 Å². The third kappa shape index (κ3) is 3.52. The normalized spacial score (nSPS) is 15.2. The van der Waals surface area contributed by atoms with Crippen LogP contribution < -0.4 is 0 Å². The molecule has 0 amide bonds. The lowest BCUT2D eigenvalue weighted by Crippen LogP contribution is -2.16. The van der Waals surface area contributed by atoms with E-state index in [-0.39, 0.29) is 5.97 Å². The maximum atomic E-state index is 11.9. The minimum Gasteiger partial charge on any atom is -0.465 e. The average molecular weight is 354 g/mol. The highest BCUT2D eigenvalue weighted by molar-refractivity contribution is 6.83. The molecule has 0 bridgehead atoms. The highest BCUT2D eigenvalue weighted by Crippen LogP contribution is 2.41. The molecular weight excluding hydrogens is 326 g/mol. The predicted molar refractivity (Wildman–Crippen MR) is 106 cm³/mol. The van der Waals surface area contributed by atoms with Crippen molar-refractivity contribution in [3.63, 3.8) is 0 Å². The molecule has 1 aromatic heterocycles. The van der Waals surface area contributed by atoms with E-state index in [4.69, 9.17) is 4.74 Å². The summed E-state index contributed by atoms with van der Waals surface area (Å²) in [5, 5.41) is 1.24. The molecule has 2 aromatic rings. The zero-order valence-corrected chi connectivity index (χ0v) is 16.9. The topological polar surface area (TPSA) is 31.2 Å². The summed E-state index contributed by atoms with van der Waals surface area (Å²) >= 11 is 0. The molecule has 0 saturated heterocycles. The van der Waals surface area contributed by atoms with Gasteiger partial charge in [0.25, 0.3) is 0 Å². The summed E-state index contributed by atoms with van der Waals surface area (Å²) in [6.07, 6.45) is 5.06. The molecule has 1 heterocycles. The van der Waals surface area contributed by atoms with Gasteiger partial charge in [0, 0.05) is 18.0 Å². The first-order valence-corrected chi connectivity index (χ1v) is 12.6. The van der Waals surface area contributed by atoms with Crippen molar-refractivity contribution in [2.75, 3.05) is 7.11 Å². The van der Waals surface area contributed by atoms with Gasteiger partial charge < -0.3 is 9.30 Å². The first kappa shape index (κ1) is 17.8. The Bertz CT molecular complexity index is 871. The van der Waals surface area contributed by atoms with Gasteiger partial charge in [-0.15, -0.1) is 5.54 Å². The SMILES string of the molecule is COC(=O)c1ccc2c(C3CCCC3)c(C#C[Si](C)(C)C)n(C)c2c1. The number of carbonyl (C=O) groups is 1. The van der Waals surface area contributed by atoms with Gasteiger partial charge in [-0.3, -0.25) is 0 Å². The number of nitrogens with zero attached hydrogens (tertiary/aromatic N) is 1. The molecule has 25 heavy (non-hydrogen) atoms. The summed E-state index contributed by atoms with van der Waals surface area (Å²) in [5.74, 6) is 3.80. The molecule has 0 aliphatic heterocycles. The van der Waals surface area contributed by atoms with E-state index in [1.807, 2.05) is 12.1 Å². The van der Waals surface area contributed by atoms with Gasteiger partial charge in [0.1, 0.15) is 8.07 Å². The van der Waals surface area contributed by atoms with Crippen LogP contribution in [-0.2, 0) is 11.8 Å². The van der Waals surface area contributed by atoms with E-state index in [9.17, 15) is 4.79 Å². The van der Waals surface area contributed by atoms with Crippen LogP contribution in [0.25, 0.3) is 10.9 Å². The number of aromatic nitrogens is 1. The van der Waals surface area contributed by atoms with Crippen molar-refractivity contribution in [2.45, 2.75) is 51.2 Å². The van der Waals surface area contributed by atoms with E-state index >= 15 is 0 Å². The molecule has 132 valence electrons. The standard InChI is InChI=1S/C21H27NO2Si/c1-22-18(12-13-25(3,4)5)20(15-8-6-7-9-15)17-11-10-16(14-19(17)22)21(23)24-2/h10-11,14-15H,6-9H2,1-5H3. The number of methoxy groups -OCH3 is 1. The monoisotopic (exact) mass is 353 g/mol. The largest absolute Gasteiger partial charge is 0.465 e. The lowest BCUT2D eigenvalue weighted by atomic mass is 9.94. The Morgan fingerprint density at radius 2 is 1.92 bits per heavy atom. The van der Waals surface area contributed by atoms with Gasteiger partial charge in [-0.25, -0.2) is 4.79 Å². The summed E-state index contributed by atoms with van der Waals surface area (Å²) in [6.45, 7) is 6.81. The zero-order chi connectivity index (χ0) is 18.2. The van der Waals surface area contributed by atoms with Crippen LogP contribution in [0.1, 0.15) is 53.2 Å². The van der Waals surface area contributed by atoms with E-state index < -0.39 is 8.07 Å². The van der Waals surface area contributed by atoms with Gasteiger partial charge >= 0.3 is 5.97 Å². The number of aryl methyl sites for hydroxylation is 1. The van der Waals surface area contributed by atoms with E-state index in [0.717, 1.165) is 11.2 Å². The number of ether oxygens (including phenoxy) is 1. The summed E-state index contributed by atoms with van der Waals surface area (Å²) in [4.78, 5) is 11.9. The van der Waals surface area contributed by atoms with Crippen molar-refractivity contribution < 1.29 is 9.53 Å². The van der Waals surface area contributed by atoms with Crippen molar-refractivity contribution in [3.8, 4) is 11.5 Å². The Kier molecular flexibility index (Phi) is 4.79. The molecular formula is C21H27NO2Si. The number of rotatable bonds is 2. The van der Waals surface area contributed by atoms with Crippen LogP contribution in [0.2, 0.25) is 19.6 Å². The Labute approximate surface area is 151 Å². The first-order chi connectivity index (χ1) is 11.8. The van der Waals surface area contributed by atoms with Crippen LogP contribution in [0.3, 0.4) is 0 Å². The Morgan fingerprint density at radius 3 is 2.52 bits per heavy atom. The van der Waals surface area contributed by atoms with Crippen LogP contribution >= 0.6 is 0 Å². The van der Waals surface area contributed by atoms with Gasteiger partial charge in [-0.05, 0) is 36.5 Å². The van der Waals surface area contributed by atoms with Crippen molar-refractivity contribution in [3.05, 3.63) is 35.0 Å². The molecule has 3 nitrogen and oxygen atoms in total. The van der Waals surface area contributed by atoms with Gasteiger partial charge in [0.05, 0.1) is 18.4 Å². The minimum atomic E-state index is -1.46. The highest BCUT2D eigenvalue weighted by Gasteiger charge is 2.25. The molecule has 1 aliphatic rings. The average Bonchev–Trinajstić information content (AvgIpc) is 3.18. The van der Waals surface area contributed by atoms with Crippen LogP contribution in [0.4, 0.5) is 0 Å². The summed E-state index contributed by atoms with van der Waals surface area (Å²) in [7, 11) is 2.03. The third-order valence-electron chi connectivity index (χ3n) is 4.98. The molecule has 0 spiro atoms. The fourth-order valence-corrected chi connectivity index (χ4v) is 4.23. The van der Waals surface area contributed by atoms with Gasteiger partial charge in [-0.2, -0.15) is 0 Å². The number of hydrogen-bond acceptors (Lipinski definition) is 2. The molecule has 0 radical (unpaired) electrons. The van der Waals surface area contributed by atoms with Crippen molar-refractivity contribution >= 4 is 24.9 Å². The van der Waals surface area contributed by atoms with Gasteiger partial charge in [-0.1, -0.05) is 44.5 Å². The van der Waals surface area contributed by atoms with Crippen molar-refractivity contribution in [1.82, 2.24) is 4.57 Å². The van der Waals surface area contributed by atoms with E-state index in [2.05, 4.69) is 48.8 Å². The Morgan fingerprint density at radius 1 is 1.24 bits per heavy atom. The zero-order valence-electron chi connectivity index (χ0n) is 15.9. The number of esters is 1. The lowest BCUT2D eigenvalue weighted by Gasteiger charge is -2.10. The minimum absolute atomic E-state index is 0.291. The van der Waals surface area contributed by atoms with Crippen LogP contribution in [0.15, 0.2) is 18.2 Å². The first-order valence-electron chi connectivity index (χ1n) is 9.05. The Hall–Kier alpha value is -1.99.